The van der Waals surface area contributed by atoms with Crippen molar-refractivity contribution in [1.82, 2.24) is 9.80 Å². The van der Waals surface area contributed by atoms with Crippen molar-refractivity contribution in [3.8, 4) is 0 Å². The fourth-order valence-corrected chi connectivity index (χ4v) is 2.47. The molecule has 1 aliphatic rings. The van der Waals surface area contributed by atoms with Gasteiger partial charge in [0.15, 0.2) is 0 Å². The minimum atomic E-state index is -0.947. The van der Waals surface area contributed by atoms with E-state index in [4.69, 9.17) is 5.11 Å². The van der Waals surface area contributed by atoms with E-state index in [9.17, 15) is 9.59 Å². The molecule has 5 nitrogen and oxygen atoms in total. The van der Waals surface area contributed by atoms with Gasteiger partial charge in [0.2, 0.25) is 0 Å². The van der Waals surface area contributed by atoms with Crippen LogP contribution in [0.2, 0.25) is 0 Å². The maximum Gasteiger partial charge on any atom is 0.323 e. The molecule has 0 spiro atoms. The summed E-state index contributed by atoms with van der Waals surface area (Å²) in [5.41, 5.74) is 0.333. The number of piperidine rings is 1. The highest BCUT2D eigenvalue weighted by molar-refractivity contribution is 5.80. The number of hydrogen-bond donors (Lipinski definition) is 1. The molecule has 1 saturated heterocycles. The summed E-state index contributed by atoms with van der Waals surface area (Å²) in [5.74, 6) is -0.947. The van der Waals surface area contributed by atoms with Gasteiger partial charge in [-0.05, 0) is 24.7 Å². The predicted octanol–water partition coefficient (Wildman–Crippen LogP) is 2.42. The van der Waals surface area contributed by atoms with Crippen LogP contribution < -0.4 is 0 Å². The van der Waals surface area contributed by atoms with E-state index >= 15 is 0 Å². The Morgan fingerprint density at radius 1 is 1.26 bits per heavy atom. The van der Waals surface area contributed by atoms with Crippen molar-refractivity contribution in [2.45, 2.75) is 46.5 Å². The molecule has 19 heavy (non-hydrogen) atoms. The van der Waals surface area contributed by atoms with Gasteiger partial charge in [-0.15, -0.1) is 0 Å². The van der Waals surface area contributed by atoms with E-state index in [0.29, 0.717) is 12.0 Å². The molecule has 0 bridgehead atoms. The number of carbonyl (C=O) groups excluding carboxylic acids is 1. The summed E-state index contributed by atoms with van der Waals surface area (Å²) < 4.78 is 0. The minimum absolute atomic E-state index is 0.123. The normalized spacial score (nSPS) is 18.2. The predicted molar refractivity (Wildman–Crippen MR) is 74.1 cm³/mol. The molecular weight excluding hydrogens is 244 g/mol. The summed E-state index contributed by atoms with van der Waals surface area (Å²) in [6.07, 6.45) is 3.91. The molecule has 0 aromatic carbocycles. The van der Waals surface area contributed by atoms with Crippen LogP contribution in [0.5, 0.6) is 0 Å². The van der Waals surface area contributed by atoms with Crippen LogP contribution in [0.15, 0.2) is 0 Å². The van der Waals surface area contributed by atoms with Crippen LogP contribution in [-0.2, 0) is 4.79 Å². The Kier molecular flexibility index (Phi) is 5.63. The van der Waals surface area contributed by atoms with Crippen LogP contribution >= 0.6 is 0 Å². The number of carboxylic acid groups (broad SMARTS) is 1. The van der Waals surface area contributed by atoms with E-state index in [2.05, 4.69) is 13.8 Å². The van der Waals surface area contributed by atoms with Crippen molar-refractivity contribution >= 4 is 12.0 Å². The third kappa shape index (κ3) is 4.40. The molecular formula is C14H26N2O3. The topological polar surface area (TPSA) is 60.9 Å². The van der Waals surface area contributed by atoms with Crippen LogP contribution in [-0.4, -0.2) is 53.1 Å². The number of urea groups is 1. The standard InChI is InChI=1S/C14H26N2O3/c1-4-8-16(11-12(17)18)13(19)15-9-6-14(3,5-2)7-10-15/h4-11H2,1-3H3,(H,17,18). The zero-order chi connectivity index (χ0) is 14.5. The monoisotopic (exact) mass is 270 g/mol. The molecule has 5 heteroatoms. The van der Waals surface area contributed by atoms with Gasteiger partial charge < -0.3 is 14.9 Å². The van der Waals surface area contributed by atoms with Crippen molar-refractivity contribution < 1.29 is 14.7 Å². The number of likely N-dealkylation sites (tertiary alicyclic amines) is 1. The average molecular weight is 270 g/mol. The summed E-state index contributed by atoms with van der Waals surface area (Å²) in [6, 6.07) is -0.123. The Labute approximate surface area is 115 Å². The van der Waals surface area contributed by atoms with E-state index in [-0.39, 0.29) is 12.6 Å². The lowest BCUT2D eigenvalue weighted by molar-refractivity contribution is -0.137. The van der Waals surface area contributed by atoms with E-state index in [1.165, 1.54) is 4.90 Å². The second kappa shape index (κ2) is 6.78. The van der Waals surface area contributed by atoms with E-state index in [1.807, 2.05) is 6.92 Å². The molecule has 110 valence electrons. The Morgan fingerprint density at radius 2 is 1.84 bits per heavy atom. The number of rotatable bonds is 5. The second-order valence-electron chi connectivity index (χ2n) is 5.75. The van der Waals surface area contributed by atoms with Crippen molar-refractivity contribution in [3.05, 3.63) is 0 Å². The molecule has 1 aliphatic heterocycles. The molecule has 1 N–H and O–H groups in total. The first-order valence-corrected chi connectivity index (χ1v) is 7.17. The van der Waals surface area contributed by atoms with Gasteiger partial charge in [0.25, 0.3) is 0 Å². The summed E-state index contributed by atoms with van der Waals surface area (Å²) in [6.45, 7) is 8.18. The third-order valence-electron chi connectivity index (χ3n) is 4.18. The molecule has 1 heterocycles. The Balaban J connectivity index is 2.58. The molecule has 0 unspecified atom stereocenters. The lowest BCUT2D eigenvalue weighted by Gasteiger charge is -2.40. The molecule has 0 radical (unpaired) electrons. The van der Waals surface area contributed by atoms with Crippen LogP contribution in [0.3, 0.4) is 0 Å². The first kappa shape index (κ1) is 15.8. The zero-order valence-electron chi connectivity index (χ0n) is 12.3. The van der Waals surface area contributed by atoms with Crippen molar-refractivity contribution in [2.24, 2.45) is 5.41 Å². The maximum atomic E-state index is 12.3. The maximum absolute atomic E-state index is 12.3. The number of amides is 2. The summed E-state index contributed by atoms with van der Waals surface area (Å²) in [4.78, 5) is 26.4. The molecule has 0 atom stereocenters. The van der Waals surface area contributed by atoms with Crippen LogP contribution in [0.4, 0.5) is 4.79 Å². The summed E-state index contributed by atoms with van der Waals surface area (Å²) >= 11 is 0. The van der Waals surface area contributed by atoms with Gasteiger partial charge in [0, 0.05) is 19.6 Å². The zero-order valence-corrected chi connectivity index (χ0v) is 12.3. The number of aliphatic carboxylic acids is 1. The molecule has 0 aromatic rings. The van der Waals surface area contributed by atoms with E-state index < -0.39 is 5.97 Å². The highest BCUT2D eigenvalue weighted by atomic mass is 16.4. The number of nitrogens with zero attached hydrogens (tertiary/aromatic N) is 2. The van der Waals surface area contributed by atoms with Crippen LogP contribution in [0.1, 0.15) is 46.5 Å². The van der Waals surface area contributed by atoms with E-state index in [0.717, 1.165) is 38.8 Å². The summed E-state index contributed by atoms with van der Waals surface area (Å²) in [7, 11) is 0. The second-order valence-corrected chi connectivity index (χ2v) is 5.75. The Morgan fingerprint density at radius 3 is 2.26 bits per heavy atom. The van der Waals surface area contributed by atoms with Gasteiger partial charge in [-0.25, -0.2) is 4.79 Å². The molecule has 0 saturated carbocycles. The minimum Gasteiger partial charge on any atom is -0.480 e. The molecule has 1 rings (SSSR count). The van der Waals surface area contributed by atoms with Gasteiger partial charge in [0.1, 0.15) is 6.54 Å². The van der Waals surface area contributed by atoms with Gasteiger partial charge in [-0.3, -0.25) is 4.79 Å². The smallest absolute Gasteiger partial charge is 0.323 e. The fraction of sp³-hybridized carbons (Fsp3) is 0.857. The van der Waals surface area contributed by atoms with Gasteiger partial charge in [0.05, 0.1) is 0 Å². The molecule has 2 amide bonds. The molecule has 0 aliphatic carbocycles. The van der Waals surface area contributed by atoms with Crippen molar-refractivity contribution in [3.63, 3.8) is 0 Å². The van der Waals surface area contributed by atoms with Gasteiger partial charge in [-0.1, -0.05) is 27.2 Å². The highest BCUT2D eigenvalue weighted by Gasteiger charge is 2.32. The quantitative estimate of drug-likeness (QED) is 0.834. The van der Waals surface area contributed by atoms with Crippen LogP contribution in [0, 0.1) is 5.41 Å². The first-order chi connectivity index (χ1) is 8.91. The molecule has 1 fully saturated rings. The summed E-state index contributed by atoms with van der Waals surface area (Å²) in [5, 5.41) is 8.87. The highest BCUT2D eigenvalue weighted by Crippen LogP contribution is 2.34. The number of carbonyl (C=O) groups is 2. The average Bonchev–Trinajstić information content (AvgIpc) is 2.38. The Hall–Kier alpha value is -1.26. The number of carboxylic acids is 1. The largest absolute Gasteiger partial charge is 0.480 e. The van der Waals surface area contributed by atoms with Gasteiger partial charge in [-0.2, -0.15) is 0 Å². The van der Waals surface area contributed by atoms with E-state index in [1.54, 1.807) is 4.90 Å². The molecule has 0 aromatic heterocycles. The Bertz CT molecular complexity index is 323. The first-order valence-electron chi connectivity index (χ1n) is 7.17. The SMILES string of the molecule is CCCN(CC(=O)O)C(=O)N1CCC(C)(CC)CC1. The van der Waals surface area contributed by atoms with Crippen molar-refractivity contribution in [2.75, 3.05) is 26.2 Å². The fourth-order valence-electron chi connectivity index (χ4n) is 2.47. The number of hydrogen-bond acceptors (Lipinski definition) is 2. The van der Waals surface area contributed by atoms with Gasteiger partial charge >= 0.3 is 12.0 Å². The lowest BCUT2D eigenvalue weighted by Crippen LogP contribution is -2.49. The van der Waals surface area contributed by atoms with Crippen LogP contribution in [0.25, 0.3) is 0 Å². The van der Waals surface area contributed by atoms with Crippen molar-refractivity contribution in [1.29, 1.82) is 0 Å². The third-order valence-corrected chi connectivity index (χ3v) is 4.18. The lowest BCUT2D eigenvalue weighted by atomic mass is 9.78.